The summed E-state index contributed by atoms with van der Waals surface area (Å²) in [7, 11) is -3.35. The molecule has 6 heteroatoms. The van der Waals surface area contributed by atoms with E-state index in [1.807, 2.05) is 0 Å². The van der Waals surface area contributed by atoms with Gasteiger partial charge in [0.2, 0.25) is 0 Å². The van der Waals surface area contributed by atoms with Crippen molar-refractivity contribution in [3.05, 3.63) is 0 Å². The molecule has 1 saturated carbocycles. The number of hydrogen-bond donors (Lipinski definition) is 2. The molecule has 1 heterocycles. The molecule has 0 aromatic rings. The van der Waals surface area contributed by atoms with Gasteiger partial charge >= 0.3 is 0 Å². The summed E-state index contributed by atoms with van der Waals surface area (Å²) in [5.74, 6) is 0.454. The Balaban J connectivity index is 1.97. The van der Waals surface area contributed by atoms with Gasteiger partial charge in [0.15, 0.2) is 0 Å². The van der Waals surface area contributed by atoms with Gasteiger partial charge in [0.25, 0.3) is 10.2 Å². The van der Waals surface area contributed by atoms with Gasteiger partial charge in [-0.05, 0) is 31.6 Å². The van der Waals surface area contributed by atoms with Gasteiger partial charge in [-0.3, -0.25) is 0 Å². The average molecular weight is 275 g/mol. The van der Waals surface area contributed by atoms with Crippen molar-refractivity contribution in [2.45, 2.75) is 57.5 Å². The summed E-state index contributed by atoms with van der Waals surface area (Å²) in [6.07, 6.45) is 6.04. The van der Waals surface area contributed by atoms with Crippen LogP contribution in [0.15, 0.2) is 0 Å². The Morgan fingerprint density at radius 2 is 1.89 bits per heavy atom. The fourth-order valence-electron chi connectivity index (χ4n) is 2.94. The van der Waals surface area contributed by atoms with Crippen molar-refractivity contribution in [3.8, 4) is 0 Å². The van der Waals surface area contributed by atoms with E-state index >= 15 is 0 Å². The van der Waals surface area contributed by atoms with Gasteiger partial charge in [-0.25, -0.2) is 0 Å². The summed E-state index contributed by atoms with van der Waals surface area (Å²) in [5, 5.41) is 0. The van der Waals surface area contributed by atoms with Crippen LogP contribution in [0.3, 0.4) is 0 Å². The van der Waals surface area contributed by atoms with Crippen molar-refractivity contribution in [1.82, 2.24) is 9.03 Å². The lowest BCUT2D eigenvalue weighted by Crippen LogP contribution is -2.54. The van der Waals surface area contributed by atoms with E-state index in [0.29, 0.717) is 19.0 Å². The zero-order chi connectivity index (χ0) is 13.2. The smallest absolute Gasteiger partial charge is 0.279 e. The van der Waals surface area contributed by atoms with Gasteiger partial charge in [-0.15, -0.1) is 0 Å². The molecule has 5 nitrogen and oxygen atoms in total. The molecule has 0 aromatic carbocycles. The van der Waals surface area contributed by atoms with Crippen molar-refractivity contribution < 1.29 is 8.42 Å². The van der Waals surface area contributed by atoms with E-state index < -0.39 is 10.2 Å². The number of nitrogens with one attached hydrogen (secondary N) is 1. The first-order valence-electron chi connectivity index (χ1n) is 7.02. The minimum atomic E-state index is -3.35. The van der Waals surface area contributed by atoms with Crippen LogP contribution in [0.4, 0.5) is 0 Å². The minimum Gasteiger partial charge on any atom is -0.326 e. The van der Waals surface area contributed by atoms with E-state index in [2.05, 4.69) is 11.6 Å². The van der Waals surface area contributed by atoms with Crippen molar-refractivity contribution in [3.63, 3.8) is 0 Å². The molecule has 0 aromatic heterocycles. The molecule has 1 saturated heterocycles. The van der Waals surface area contributed by atoms with Crippen LogP contribution in [0, 0.1) is 5.92 Å². The second-order valence-electron chi connectivity index (χ2n) is 5.78. The molecule has 2 aliphatic rings. The molecule has 2 rings (SSSR count). The topological polar surface area (TPSA) is 75.4 Å². The summed E-state index contributed by atoms with van der Waals surface area (Å²) in [4.78, 5) is 0. The molecule has 0 radical (unpaired) electrons. The Bertz CT molecular complexity index is 372. The van der Waals surface area contributed by atoms with E-state index in [0.717, 1.165) is 38.5 Å². The highest BCUT2D eigenvalue weighted by atomic mass is 32.2. The Kier molecular flexibility index (Phi) is 4.64. The highest BCUT2D eigenvalue weighted by molar-refractivity contribution is 7.87. The van der Waals surface area contributed by atoms with Crippen LogP contribution in [0.1, 0.15) is 45.4 Å². The quantitative estimate of drug-likeness (QED) is 0.801. The molecular formula is C12H25N3O2S. The zero-order valence-electron chi connectivity index (χ0n) is 11.1. The summed E-state index contributed by atoms with van der Waals surface area (Å²) >= 11 is 0. The van der Waals surface area contributed by atoms with Crippen molar-refractivity contribution in [1.29, 1.82) is 0 Å². The van der Waals surface area contributed by atoms with Crippen molar-refractivity contribution >= 4 is 10.2 Å². The number of nitrogens with two attached hydrogens (primary N) is 1. The largest absolute Gasteiger partial charge is 0.326 e. The predicted octanol–water partition coefficient (Wildman–Crippen LogP) is 0.823. The lowest BCUT2D eigenvalue weighted by molar-refractivity contribution is 0.271. The number of piperidine rings is 1. The van der Waals surface area contributed by atoms with Gasteiger partial charge in [-0.2, -0.15) is 17.4 Å². The standard InChI is InChI=1S/C12H25N3O2S/c1-10-5-4-8-15(9-10)18(16,17)14-12-7-3-2-6-11(12)13/h10-12,14H,2-9,13H2,1H3. The minimum absolute atomic E-state index is 0.0317. The summed E-state index contributed by atoms with van der Waals surface area (Å²) < 4.78 is 29.0. The molecular weight excluding hydrogens is 250 g/mol. The maximum atomic E-state index is 12.3. The maximum absolute atomic E-state index is 12.3. The molecule has 3 N–H and O–H groups in total. The van der Waals surface area contributed by atoms with Crippen LogP contribution in [0.25, 0.3) is 0 Å². The van der Waals surface area contributed by atoms with E-state index in [1.165, 1.54) is 0 Å². The van der Waals surface area contributed by atoms with E-state index in [9.17, 15) is 8.42 Å². The third kappa shape index (κ3) is 3.44. The zero-order valence-corrected chi connectivity index (χ0v) is 12.0. The first kappa shape index (κ1) is 14.2. The van der Waals surface area contributed by atoms with Crippen LogP contribution in [0.2, 0.25) is 0 Å². The molecule has 106 valence electrons. The highest BCUT2D eigenvalue weighted by Gasteiger charge is 2.31. The number of nitrogens with zero attached hydrogens (tertiary/aromatic N) is 1. The van der Waals surface area contributed by atoms with Gasteiger partial charge in [0.05, 0.1) is 0 Å². The lowest BCUT2D eigenvalue weighted by Gasteiger charge is -2.34. The first-order valence-corrected chi connectivity index (χ1v) is 8.46. The fourth-order valence-corrected chi connectivity index (χ4v) is 4.58. The SMILES string of the molecule is CC1CCCN(S(=O)(=O)NC2CCCCC2N)C1. The van der Waals surface area contributed by atoms with Crippen molar-refractivity contribution in [2.24, 2.45) is 11.7 Å². The molecule has 0 bridgehead atoms. The number of hydrogen-bond acceptors (Lipinski definition) is 3. The predicted molar refractivity (Wildman–Crippen MR) is 72.3 cm³/mol. The second kappa shape index (κ2) is 5.86. The first-order chi connectivity index (χ1) is 8.49. The molecule has 0 spiro atoms. The highest BCUT2D eigenvalue weighted by Crippen LogP contribution is 2.21. The van der Waals surface area contributed by atoms with E-state index in [-0.39, 0.29) is 12.1 Å². The molecule has 0 amide bonds. The van der Waals surface area contributed by atoms with Crippen molar-refractivity contribution in [2.75, 3.05) is 13.1 Å². The molecule has 18 heavy (non-hydrogen) atoms. The summed E-state index contributed by atoms with van der Waals surface area (Å²) in [6, 6.07) is -0.114. The van der Waals surface area contributed by atoms with Gasteiger partial charge in [-0.1, -0.05) is 19.8 Å². The molecule has 1 aliphatic carbocycles. The van der Waals surface area contributed by atoms with E-state index in [1.54, 1.807) is 4.31 Å². The fraction of sp³-hybridized carbons (Fsp3) is 1.00. The molecule has 2 fully saturated rings. The lowest BCUT2D eigenvalue weighted by atomic mass is 9.92. The molecule has 3 atom stereocenters. The van der Waals surface area contributed by atoms with Crippen LogP contribution in [-0.2, 0) is 10.2 Å². The summed E-state index contributed by atoms with van der Waals surface area (Å²) in [6.45, 7) is 3.38. The molecule has 1 aliphatic heterocycles. The monoisotopic (exact) mass is 275 g/mol. The van der Waals surface area contributed by atoms with E-state index in [4.69, 9.17) is 5.73 Å². The van der Waals surface area contributed by atoms with Crippen LogP contribution < -0.4 is 10.5 Å². The normalized spacial score (nSPS) is 35.6. The maximum Gasteiger partial charge on any atom is 0.279 e. The van der Waals surface area contributed by atoms with Gasteiger partial charge < -0.3 is 5.73 Å². The van der Waals surface area contributed by atoms with Crippen LogP contribution in [0.5, 0.6) is 0 Å². The Morgan fingerprint density at radius 3 is 2.56 bits per heavy atom. The van der Waals surface area contributed by atoms with Crippen LogP contribution in [-0.4, -0.2) is 37.9 Å². The van der Waals surface area contributed by atoms with Gasteiger partial charge in [0, 0.05) is 25.2 Å². The average Bonchev–Trinajstić information content (AvgIpc) is 2.32. The Morgan fingerprint density at radius 1 is 1.17 bits per heavy atom. The Hall–Kier alpha value is -0.170. The van der Waals surface area contributed by atoms with Gasteiger partial charge in [0.1, 0.15) is 0 Å². The Labute approximate surface area is 110 Å². The molecule has 3 unspecified atom stereocenters. The number of rotatable bonds is 3. The third-order valence-electron chi connectivity index (χ3n) is 4.08. The summed E-state index contributed by atoms with van der Waals surface area (Å²) in [5.41, 5.74) is 6.00. The third-order valence-corrected chi connectivity index (χ3v) is 5.69. The second-order valence-corrected chi connectivity index (χ2v) is 7.49. The van der Waals surface area contributed by atoms with Crippen LogP contribution >= 0.6 is 0 Å².